The fourth-order valence-corrected chi connectivity index (χ4v) is 7.12. The van der Waals surface area contributed by atoms with Crippen molar-refractivity contribution in [1.29, 1.82) is 0 Å². The summed E-state index contributed by atoms with van der Waals surface area (Å²) in [6, 6.07) is 7.09. The van der Waals surface area contributed by atoms with Gasteiger partial charge in [0.05, 0.1) is 34.9 Å². The van der Waals surface area contributed by atoms with Crippen LogP contribution in [0.2, 0.25) is 0 Å². The SMILES string of the molecule is COc1ccccc1NC(=O)c1sc(NC(=O)c2csc3c2CC[C@H](C(C)(C)C)C3)c(C(=O)OC(C)C)c1C. The van der Waals surface area contributed by atoms with Gasteiger partial charge in [-0.1, -0.05) is 32.9 Å². The number of rotatable bonds is 7. The number of nitrogens with one attached hydrogen (secondary N) is 2. The Morgan fingerprint density at radius 3 is 2.46 bits per heavy atom. The summed E-state index contributed by atoms with van der Waals surface area (Å²) in [4.78, 5) is 41.5. The Labute approximate surface area is 237 Å². The van der Waals surface area contributed by atoms with E-state index in [0.717, 1.165) is 36.2 Å². The number of benzene rings is 1. The van der Waals surface area contributed by atoms with Crippen LogP contribution in [0.4, 0.5) is 10.7 Å². The van der Waals surface area contributed by atoms with E-state index in [4.69, 9.17) is 9.47 Å². The number of para-hydroxylation sites is 2. The molecule has 0 bridgehead atoms. The molecular weight excluding hydrogens is 532 g/mol. The Balaban J connectivity index is 1.64. The van der Waals surface area contributed by atoms with Crippen LogP contribution in [0.1, 0.15) is 87.4 Å². The summed E-state index contributed by atoms with van der Waals surface area (Å²) in [6.07, 6.45) is 2.49. The fourth-order valence-electron chi connectivity index (χ4n) is 4.88. The zero-order chi connectivity index (χ0) is 28.5. The first-order valence-corrected chi connectivity index (χ1v) is 14.8. The number of carbonyl (C=O) groups excluding carboxylic acids is 3. The van der Waals surface area contributed by atoms with Crippen LogP contribution in [0.25, 0.3) is 0 Å². The minimum atomic E-state index is -0.578. The highest BCUT2D eigenvalue weighted by atomic mass is 32.1. The maximum atomic E-state index is 13.5. The van der Waals surface area contributed by atoms with Crippen LogP contribution in [0.5, 0.6) is 5.75 Å². The lowest BCUT2D eigenvalue weighted by Crippen LogP contribution is -2.27. The van der Waals surface area contributed by atoms with Gasteiger partial charge in [0, 0.05) is 10.3 Å². The average Bonchev–Trinajstić information content (AvgIpc) is 3.43. The van der Waals surface area contributed by atoms with Gasteiger partial charge in [0.2, 0.25) is 0 Å². The third kappa shape index (κ3) is 6.20. The van der Waals surface area contributed by atoms with Crippen molar-refractivity contribution in [3.05, 3.63) is 61.7 Å². The second-order valence-corrected chi connectivity index (χ2v) is 13.2. The van der Waals surface area contributed by atoms with Crippen molar-refractivity contribution in [3.63, 3.8) is 0 Å². The number of ether oxygens (including phenoxy) is 2. The molecule has 1 atom stereocenters. The second kappa shape index (κ2) is 11.5. The van der Waals surface area contributed by atoms with Gasteiger partial charge in [-0.15, -0.1) is 22.7 Å². The van der Waals surface area contributed by atoms with E-state index in [1.54, 1.807) is 50.3 Å². The fraction of sp³-hybridized carbons (Fsp3) is 0.433. The van der Waals surface area contributed by atoms with Crippen molar-refractivity contribution in [3.8, 4) is 5.75 Å². The van der Waals surface area contributed by atoms with Gasteiger partial charge >= 0.3 is 5.97 Å². The van der Waals surface area contributed by atoms with Gasteiger partial charge in [-0.3, -0.25) is 9.59 Å². The Morgan fingerprint density at radius 1 is 1.08 bits per heavy atom. The first-order chi connectivity index (χ1) is 18.4. The lowest BCUT2D eigenvalue weighted by Gasteiger charge is -2.34. The van der Waals surface area contributed by atoms with Crippen LogP contribution in [-0.2, 0) is 17.6 Å². The van der Waals surface area contributed by atoms with Gasteiger partial charge < -0.3 is 20.1 Å². The molecule has 2 heterocycles. The molecule has 0 saturated heterocycles. The standard InChI is InChI=1S/C30H36N2O5S2/c1-16(2)37-29(35)24-17(3)25(27(34)31-21-10-8-9-11-22(21)36-7)39-28(24)32-26(33)20-15-38-23-14-18(30(4,5)6)12-13-19(20)23/h8-11,15-16,18H,12-14H2,1-7H3,(H,31,34)(H,32,33)/t18-/m0/s1. The molecule has 1 aliphatic carbocycles. The number of carbonyl (C=O) groups is 3. The van der Waals surface area contributed by atoms with Crippen LogP contribution >= 0.6 is 22.7 Å². The quantitative estimate of drug-likeness (QED) is 0.291. The molecule has 0 aliphatic heterocycles. The monoisotopic (exact) mass is 568 g/mol. The molecule has 2 N–H and O–H groups in total. The molecule has 2 amide bonds. The summed E-state index contributed by atoms with van der Waals surface area (Å²) in [6.45, 7) is 12.0. The topological polar surface area (TPSA) is 93.7 Å². The average molecular weight is 569 g/mol. The van der Waals surface area contributed by atoms with Crippen LogP contribution in [0.3, 0.4) is 0 Å². The van der Waals surface area contributed by atoms with Gasteiger partial charge in [-0.05, 0) is 74.6 Å². The highest BCUT2D eigenvalue weighted by Gasteiger charge is 2.33. The molecule has 7 nitrogen and oxygen atoms in total. The van der Waals surface area contributed by atoms with Crippen LogP contribution in [0, 0.1) is 18.3 Å². The van der Waals surface area contributed by atoms with Crippen molar-refractivity contribution < 1.29 is 23.9 Å². The molecule has 2 aromatic heterocycles. The van der Waals surface area contributed by atoms with Crippen LogP contribution in [0.15, 0.2) is 29.6 Å². The maximum absolute atomic E-state index is 13.5. The third-order valence-electron chi connectivity index (χ3n) is 7.11. The molecule has 0 radical (unpaired) electrons. The Kier molecular flexibility index (Phi) is 8.51. The molecule has 39 heavy (non-hydrogen) atoms. The lowest BCUT2D eigenvalue weighted by molar-refractivity contribution is 0.0379. The van der Waals surface area contributed by atoms with E-state index in [1.807, 2.05) is 11.4 Å². The van der Waals surface area contributed by atoms with Crippen LogP contribution < -0.4 is 15.4 Å². The van der Waals surface area contributed by atoms with Crippen molar-refractivity contribution >= 4 is 51.1 Å². The molecule has 1 aromatic carbocycles. The van der Waals surface area contributed by atoms with E-state index in [2.05, 4.69) is 31.4 Å². The number of fused-ring (bicyclic) bond motifs is 1. The molecule has 0 spiro atoms. The third-order valence-corrected chi connectivity index (χ3v) is 9.36. The predicted octanol–water partition coefficient (Wildman–Crippen LogP) is 7.35. The van der Waals surface area contributed by atoms with Crippen LogP contribution in [-0.4, -0.2) is 31.0 Å². The summed E-state index contributed by atoms with van der Waals surface area (Å²) >= 11 is 2.69. The predicted molar refractivity (Wildman–Crippen MR) is 158 cm³/mol. The summed E-state index contributed by atoms with van der Waals surface area (Å²) in [7, 11) is 1.53. The Hall–Kier alpha value is -3.17. The molecule has 3 aromatic rings. The highest BCUT2D eigenvalue weighted by molar-refractivity contribution is 7.19. The van der Waals surface area contributed by atoms with Gasteiger partial charge in [0.25, 0.3) is 11.8 Å². The minimum Gasteiger partial charge on any atom is -0.495 e. The van der Waals surface area contributed by atoms with Crippen molar-refractivity contribution in [2.45, 2.75) is 66.9 Å². The number of thiophene rings is 2. The van der Waals surface area contributed by atoms with Gasteiger partial charge in [-0.2, -0.15) is 0 Å². The second-order valence-electron chi connectivity index (χ2n) is 11.2. The van der Waals surface area contributed by atoms with E-state index in [-0.39, 0.29) is 23.0 Å². The van der Waals surface area contributed by atoms with Crippen molar-refractivity contribution in [2.24, 2.45) is 11.3 Å². The van der Waals surface area contributed by atoms with E-state index >= 15 is 0 Å². The Bertz CT molecular complexity index is 1400. The summed E-state index contributed by atoms with van der Waals surface area (Å²) in [5, 5.41) is 8.01. The molecule has 0 fully saturated rings. The highest BCUT2D eigenvalue weighted by Crippen LogP contribution is 2.41. The number of hydrogen-bond acceptors (Lipinski definition) is 7. The van der Waals surface area contributed by atoms with E-state index in [9.17, 15) is 14.4 Å². The zero-order valence-corrected chi connectivity index (χ0v) is 25.2. The molecule has 1 aliphatic rings. The summed E-state index contributed by atoms with van der Waals surface area (Å²) in [5.41, 5.74) is 3.10. The molecule has 0 saturated carbocycles. The van der Waals surface area contributed by atoms with E-state index in [1.165, 1.54) is 12.0 Å². The Morgan fingerprint density at radius 2 is 1.79 bits per heavy atom. The minimum absolute atomic E-state index is 0.198. The number of methoxy groups -OCH3 is 1. The number of amides is 2. The maximum Gasteiger partial charge on any atom is 0.341 e. The molecule has 4 rings (SSSR count). The molecular formula is C30H36N2O5S2. The largest absolute Gasteiger partial charge is 0.495 e. The number of anilines is 2. The number of hydrogen-bond donors (Lipinski definition) is 2. The van der Waals surface area contributed by atoms with Crippen molar-refractivity contribution in [2.75, 3.05) is 17.7 Å². The molecule has 9 heteroatoms. The van der Waals surface area contributed by atoms with E-state index in [0.29, 0.717) is 38.4 Å². The lowest BCUT2D eigenvalue weighted by atomic mass is 9.72. The summed E-state index contributed by atoms with van der Waals surface area (Å²) < 4.78 is 10.8. The first kappa shape index (κ1) is 28.8. The summed E-state index contributed by atoms with van der Waals surface area (Å²) in [5.74, 6) is -0.170. The molecule has 208 valence electrons. The smallest absolute Gasteiger partial charge is 0.341 e. The van der Waals surface area contributed by atoms with Crippen molar-refractivity contribution in [1.82, 2.24) is 0 Å². The van der Waals surface area contributed by atoms with E-state index < -0.39 is 11.9 Å². The normalized spacial score (nSPS) is 15.0. The van der Waals surface area contributed by atoms with Gasteiger partial charge in [0.1, 0.15) is 10.8 Å². The zero-order valence-electron chi connectivity index (χ0n) is 23.5. The van der Waals surface area contributed by atoms with Gasteiger partial charge in [0.15, 0.2) is 0 Å². The first-order valence-electron chi connectivity index (χ1n) is 13.1. The molecule has 0 unspecified atom stereocenters. The number of esters is 1. The van der Waals surface area contributed by atoms with Gasteiger partial charge in [-0.25, -0.2) is 4.79 Å².